The summed E-state index contributed by atoms with van der Waals surface area (Å²) in [5, 5.41) is 0.762. The van der Waals surface area contributed by atoms with Crippen LogP contribution in [-0.4, -0.2) is 29.0 Å². The fraction of sp³-hybridized carbons (Fsp3) is 0.333. The number of halogens is 1. The molecule has 1 N–H and O–H groups in total. The van der Waals surface area contributed by atoms with Crippen molar-refractivity contribution < 1.29 is 8.42 Å². The molecular weight excluding hydrogens is 326 g/mol. The smallest absolute Gasteiger partial charge is 0.211 e. The van der Waals surface area contributed by atoms with Crippen molar-refractivity contribution in [2.75, 3.05) is 11.9 Å². The fourth-order valence-electron chi connectivity index (χ4n) is 1.35. The predicted molar refractivity (Wildman–Crippen MR) is 71.0 cm³/mol. The van der Waals surface area contributed by atoms with Crippen LogP contribution < -0.4 is 4.72 Å². The van der Waals surface area contributed by atoms with E-state index in [1.165, 1.54) is 0 Å². The molecule has 17 heavy (non-hydrogen) atoms. The molecule has 0 atom stereocenters. The molecule has 0 radical (unpaired) electrons. The van der Waals surface area contributed by atoms with Crippen molar-refractivity contribution in [3.8, 4) is 0 Å². The summed E-state index contributed by atoms with van der Waals surface area (Å²) in [6.45, 7) is 0.404. The maximum atomic E-state index is 12.0. The highest BCUT2D eigenvalue weighted by atomic mass is 79.9. The highest BCUT2D eigenvalue weighted by Crippen LogP contribution is 2.20. The van der Waals surface area contributed by atoms with Crippen LogP contribution in [0.5, 0.6) is 0 Å². The lowest BCUT2D eigenvalue weighted by atomic mass is 10.3. The number of hydrogen-bond acceptors (Lipinski definition) is 5. The zero-order valence-corrected chi connectivity index (χ0v) is 12.0. The number of hydrogen-bond donors (Lipinski definition) is 1. The Bertz CT molecular complexity index is 611. The predicted octanol–water partition coefficient (Wildman–Crippen LogP) is 1.75. The Balaban J connectivity index is 2.35. The molecule has 1 aromatic heterocycles. The third kappa shape index (κ3) is 2.82. The Morgan fingerprint density at radius 2 is 2.18 bits per heavy atom. The molecule has 0 saturated carbocycles. The SMILES string of the molecule is O=S(=O)(NCCCBr)c1cccc2nsnc12. The molecule has 0 saturated heterocycles. The van der Waals surface area contributed by atoms with Gasteiger partial charge in [-0.15, -0.1) is 0 Å². The van der Waals surface area contributed by atoms with Gasteiger partial charge >= 0.3 is 0 Å². The summed E-state index contributed by atoms with van der Waals surface area (Å²) in [6.07, 6.45) is 0.741. The van der Waals surface area contributed by atoms with Crippen LogP contribution in [0.15, 0.2) is 23.1 Å². The number of alkyl halides is 1. The number of aromatic nitrogens is 2. The van der Waals surface area contributed by atoms with Crippen LogP contribution >= 0.6 is 27.7 Å². The molecule has 0 spiro atoms. The van der Waals surface area contributed by atoms with Gasteiger partial charge in [0.05, 0.1) is 11.7 Å². The monoisotopic (exact) mass is 335 g/mol. The van der Waals surface area contributed by atoms with Gasteiger partial charge in [-0.1, -0.05) is 22.0 Å². The van der Waals surface area contributed by atoms with E-state index in [4.69, 9.17) is 0 Å². The Morgan fingerprint density at radius 3 is 2.94 bits per heavy atom. The molecule has 92 valence electrons. The van der Waals surface area contributed by atoms with Gasteiger partial charge in [-0.05, 0) is 18.6 Å². The first-order valence-electron chi connectivity index (χ1n) is 4.92. The molecule has 0 aliphatic rings. The van der Waals surface area contributed by atoms with Crippen molar-refractivity contribution in [3.05, 3.63) is 18.2 Å². The summed E-state index contributed by atoms with van der Waals surface area (Å²) in [5.74, 6) is 0. The van der Waals surface area contributed by atoms with Crippen molar-refractivity contribution in [1.82, 2.24) is 13.5 Å². The quantitative estimate of drug-likeness (QED) is 0.667. The van der Waals surface area contributed by atoms with E-state index in [2.05, 4.69) is 29.4 Å². The van der Waals surface area contributed by atoms with E-state index in [1.54, 1.807) is 18.2 Å². The van der Waals surface area contributed by atoms with Gasteiger partial charge in [-0.3, -0.25) is 0 Å². The van der Waals surface area contributed by atoms with Crippen molar-refractivity contribution in [2.24, 2.45) is 0 Å². The molecule has 2 aromatic rings. The minimum absolute atomic E-state index is 0.193. The van der Waals surface area contributed by atoms with Gasteiger partial charge in [-0.2, -0.15) is 8.75 Å². The normalized spacial score (nSPS) is 12.1. The molecule has 2 rings (SSSR count). The molecule has 5 nitrogen and oxygen atoms in total. The number of nitrogens with one attached hydrogen (secondary N) is 1. The maximum Gasteiger partial charge on any atom is 0.242 e. The second-order valence-corrected chi connectivity index (χ2v) is 6.39. The Labute approximate surface area is 112 Å². The Kier molecular flexibility index (Phi) is 4.08. The highest BCUT2D eigenvalue weighted by molar-refractivity contribution is 9.09. The van der Waals surface area contributed by atoms with E-state index < -0.39 is 10.0 Å². The topological polar surface area (TPSA) is 72.0 Å². The standard InChI is InChI=1S/C9H10BrN3O2S2/c10-5-2-6-11-17(14,15)8-4-1-3-7-9(8)13-16-12-7/h1,3-4,11H,2,5-6H2. The van der Waals surface area contributed by atoms with Gasteiger partial charge in [0.25, 0.3) is 0 Å². The number of benzene rings is 1. The minimum Gasteiger partial charge on any atom is -0.211 e. The largest absolute Gasteiger partial charge is 0.242 e. The van der Waals surface area contributed by atoms with Crippen LogP contribution in [0.3, 0.4) is 0 Å². The van der Waals surface area contributed by atoms with Crippen molar-refractivity contribution in [1.29, 1.82) is 0 Å². The third-order valence-corrected chi connectivity index (χ3v) is 4.74. The van der Waals surface area contributed by atoms with Gasteiger partial charge in [-0.25, -0.2) is 13.1 Å². The van der Waals surface area contributed by atoms with E-state index in [1.807, 2.05) is 0 Å². The molecule has 0 fully saturated rings. The lowest BCUT2D eigenvalue weighted by Gasteiger charge is -2.05. The first kappa shape index (κ1) is 12.9. The molecule has 0 aliphatic carbocycles. The van der Waals surface area contributed by atoms with Gasteiger partial charge in [0.1, 0.15) is 15.9 Å². The maximum absolute atomic E-state index is 12.0. The first-order valence-corrected chi connectivity index (χ1v) is 8.25. The van der Waals surface area contributed by atoms with Crippen LogP contribution in [0.1, 0.15) is 6.42 Å². The third-order valence-electron chi connectivity index (χ3n) is 2.14. The number of fused-ring (bicyclic) bond motifs is 1. The second kappa shape index (κ2) is 5.38. The van der Waals surface area contributed by atoms with Gasteiger partial charge < -0.3 is 0 Å². The van der Waals surface area contributed by atoms with Crippen molar-refractivity contribution in [2.45, 2.75) is 11.3 Å². The van der Waals surface area contributed by atoms with E-state index >= 15 is 0 Å². The van der Waals surface area contributed by atoms with Crippen LogP contribution in [-0.2, 0) is 10.0 Å². The zero-order valence-electron chi connectivity index (χ0n) is 8.76. The van der Waals surface area contributed by atoms with E-state index in [0.717, 1.165) is 23.5 Å². The first-order chi connectivity index (χ1) is 8.15. The lowest BCUT2D eigenvalue weighted by Crippen LogP contribution is -2.25. The van der Waals surface area contributed by atoms with Gasteiger partial charge in [0, 0.05) is 11.9 Å². The van der Waals surface area contributed by atoms with E-state index in [-0.39, 0.29) is 4.90 Å². The average Bonchev–Trinajstić information content (AvgIpc) is 2.76. The summed E-state index contributed by atoms with van der Waals surface area (Å²) in [4.78, 5) is 0.193. The molecule has 8 heteroatoms. The van der Waals surface area contributed by atoms with Crippen LogP contribution in [0.25, 0.3) is 11.0 Å². The van der Waals surface area contributed by atoms with E-state index in [0.29, 0.717) is 17.6 Å². The zero-order chi connectivity index (χ0) is 12.3. The lowest BCUT2D eigenvalue weighted by molar-refractivity contribution is 0.582. The average molecular weight is 336 g/mol. The van der Waals surface area contributed by atoms with Crippen LogP contribution in [0.2, 0.25) is 0 Å². The van der Waals surface area contributed by atoms with Gasteiger partial charge in [0.15, 0.2) is 0 Å². The number of sulfonamides is 1. The number of nitrogens with zero attached hydrogens (tertiary/aromatic N) is 2. The van der Waals surface area contributed by atoms with Gasteiger partial charge in [0.2, 0.25) is 10.0 Å². The fourth-order valence-corrected chi connectivity index (χ4v) is 3.47. The second-order valence-electron chi connectivity index (χ2n) is 3.33. The summed E-state index contributed by atoms with van der Waals surface area (Å²) in [7, 11) is -3.50. The summed E-state index contributed by atoms with van der Waals surface area (Å²) in [6, 6.07) is 4.96. The molecule has 1 heterocycles. The summed E-state index contributed by atoms with van der Waals surface area (Å²) in [5.41, 5.74) is 1.04. The molecule has 0 unspecified atom stereocenters. The van der Waals surface area contributed by atoms with Crippen LogP contribution in [0, 0.1) is 0 Å². The van der Waals surface area contributed by atoms with Crippen LogP contribution in [0.4, 0.5) is 0 Å². The number of rotatable bonds is 5. The summed E-state index contributed by atoms with van der Waals surface area (Å²) < 4.78 is 34.6. The highest BCUT2D eigenvalue weighted by Gasteiger charge is 2.18. The van der Waals surface area contributed by atoms with E-state index in [9.17, 15) is 8.42 Å². The van der Waals surface area contributed by atoms with Crippen molar-refractivity contribution >= 4 is 48.7 Å². The molecule has 0 aliphatic heterocycles. The molecular formula is C9H10BrN3O2S2. The Morgan fingerprint density at radius 1 is 1.35 bits per heavy atom. The molecule has 0 amide bonds. The Hall–Kier alpha value is -0.570. The molecule has 1 aromatic carbocycles. The summed E-state index contributed by atoms with van der Waals surface area (Å²) >= 11 is 4.26. The minimum atomic E-state index is -3.50. The van der Waals surface area contributed by atoms with Crippen molar-refractivity contribution in [3.63, 3.8) is 0 Å². The molecule has 0 bridgehead atoms.